The molecule has 0 aliphatic rings. The van der Waals surface area contributed by atoms with Crippen molar-refractivity contribution < 1.29 is 4.21 Å². The Hall–Kier alpha value is 0.500. The standard InChI is InChI=1S/C10H22OS2/c1-3-5-7-9-12-13(11)10-8-6-4-2/h3-10H2,1-2H3. The Morgan fingerprint density at radius 2 is 1.62 bits per heavy atom. The first kappa shape index (κ1) is 13.5. The van der Waals surface area contributed by atoms with E-state index in [0.29, 0.717) is 0 Å². The van der Waals surface area contributed by atoms with Crippen LogP contribution >= 0.6 is 10.8 Å². The second-order valence-corrected chi connectivity index (χ2v) is 6.73. The van der Waals surface area contributed by atoms with Gasteiger partial charge in [-0.25, -0.2) is 4.21 Å². The number of hydrogen-bond acceptors (Lipinski definition) is 2. The zero-order chi connectivity index (χ0) is 9.94. The van der Waals surface area contributed by atoms with E-state index in [0.717, 1.165) is 17.9 Å². The molecule has 0 amide bonds. The third-order valence-electron chi connectivity index (χ3n) is 1.88. The van der Waals surface area contributed by atoms with E-state index < -0.39 is 9.83 Å². The van der Waals surface area contributed by atoms with Crippen molar-refractivity contribution in [2.45, 2.75) is 52.4 Å². The maximum atomic E-state index is 11.4. The van der Waals surface area contributed by atoms with Gasteiger partial charge in [0.05, 0.1) is 9.83 Å². The summed E-state index contributed by atoms with van der Waals surface area (Å²) in [6, 6.07) is 0. The number of hydrogen-bond donors (Lipinski definition) is 0. The first-order valence-electron chi connectivity index (χ1n) is 5.32. The van der Waals surface area contributed by atoms with E-state index in [1.54, 1.807) is 10.8 Å². The summed E-state index contributed by atoms with van der Waals surface area (Å²) in [5.41, 5.74) is 0. The normalized spacial score (nSPS) is 13.1. The molecule has 0 N–H and O–H groups in total. The molecule has 0 aromatic carbocycles. The van der Waals surface area contributed by atoms with Crippen LogP contribution in [0.5, 0.6) is 0 Å². The molecule has 0 aliphatic carbocycles. The van der Waals surface area contributed by atoms with Gasteiger partial charge < -0.3 is 0 Å². The lowest BCUT2D eigenvalue weighted by Crippen LogP contribution is -1.93. The van der Waals surface area contributed by atoms with Gasteiger partial charge in [-0.15, -0.1) is 0 Å². The van der Waals surface area contributed by atoms with Crippen molar-refractivity contribution in [3.63, 3.8) is 0 Å². The van der Waals surface area contributed by atoms with Crippen molar-refractivity contribution in [1.29, 1.82) is 0 Å². The van der Waals surface area contributed by atoms with Gasteiger partial charge in [0.25, 0.3) is 0 Å². The van der Waals surface area contributed by atoms with Crippen LogP contribution in [0.4, 0.5) is 0 Å². The highest BCUT2D eigenvalue weighted by Gasteiger charge is 1.99. The lowest BCUT2D eigenvalue weighted by molar-refractivity contribution is 0.685. The van der Waals surface area contributed by atoms with E-state index in [2.05, 4.69) is 13.8 Å². The SMILES string of the molecule is CCCCCSS(=O)CCCCC. The third kappa shape index (κ3) is 10.4. The van der Waals surface area contributed by atoms with Crippen LogP contribution in [0.1, 0.15) is 52.4 Å². The summed E-state index contributed by atoms with van der Waals surface area (Å²) in [5.74, 6) is 1.97. The summed E-state index contributed by atoms with van der Waals surface area (Å²) >= 11 is 0. The topological polar surface area (TPSA) is 17.1 Å². The molecule has 0 spiro atoms. The van der Waals surface area contributed by atoms with Crippen LogP contribution in [0.2, 0.25) is 0 Å². The average Bonchev–Trinajstić information content (AvgIpc) is 2.13. The van der Waals surface area contributed by atoms with E-state index in [4.69, 9.17) is 0 Å². The molecule has 0 rings (SSSR count). The van der Waals surface area contributed by atoms with Crippen LogP contribution in [0.15, 0.2) is 0 Å². The van der Waals surface area contributed by atoms with Gasteiger partial charge in [-0.1, -0.05) is 50.3 Å². The molecule has 0 fully saturated rings. The van der Waals surface area contributed by atoms with E-state index in [1.807, 2.05) is 0 Å². The smallest absolute Gasteiger partial charge is 0.0803 e. The number of rotatable bonds is 9. The minimum Gasteiger partial charge on any atom is -0.248 e. The zero-order valence-electron chi connectivity index (χ0n) is 8.88. The summed E-state index contributed by atoms with van der Waals surface area (Å²) in [7, 11) is 1.03. The van der Waals surface area contributed by atoms with Crippen molar-refractivity contribution >= 4 is 20.6 Å². The highest BCUT2D eigenvalue weighted by molar-refractivity contribution is 8.69. The van der Waals surface area contributed by atoms with Gasteiger partial charge in [-0.3, -0.25) is 0 Å². The predicted molar refractivity (Wildman–Crippen MR) is 64.5 cm³/mol. The largest absolute Gasteiger partial charge is 0.248 e. The van der Waals surface area contributed by atoms with E-state index >= 15 is 0 Å². The highest BCUT2D eigenvalue weighted by atomic mass is 33.1. The van der Waals surface area contributed by atoms with Gasteiger partial charge in [0.1, 0.15) is 0 Å². The van der Waals surface area contributed by atoms with Crippen molar-refractivity contribution in [3.05, 3.63) is 0 Å². The molecule has 0 aromatic rings. The second kappa shape index (κ2) is 10.6. The van der Waals surface area contributed by atoms with Gasteiger partial charge in [0.2, 0.25) is 0 Å². The van der Waals surface area contributed by atoms with Crippen molar-refractivity contribution in [3.8, 4) is 0 Å². The molecule has 0 radical (unpaired) electrons. The first-order valence-corrected chi connectivity index (χ1v) is 8.15. The van der Waals surface area contributed by atoms with Crippen molar-refractivity contribution in [1.82, 2.24) is 0 Å². The van der Waals surface area contributed by atoms with Crippen LogP contribution in [-0.2, 0) is 9.83 Å². The summed E-state index contributed by atoms with van der Waals surface area (Å²) in [5, 5.41) is 0. The minimum atomic E-state index is -0.608. The second-order valence-electron chi connectivity index (χ2n) is 3.24. The van der Waals surface area contributed by atoms with Crippen LogP contribution < -0.4 is 0 Å². The quantitative estimate of drug-likeness (QED) is 0.436. The third-order valence-corrected chi connectivity index (χ3v) is 5.01. The Morgan fingerprint density at radius 1 is 1.00 bits per heavy atom. The zero-order valence-corrected chi connectivity index (χ0v) is 10.5. The molecule has 0 saturated heterocycles. The van der Waals surface area contributed by atoms with Crippen molar-refractivity contribution in [2.75, 3.05) is 11.5 Å². The maximum absolute atomic E-state index is 11.4. The van der Waals surface area contributed by atoms with Crippen LogP contribution in [0.3, 0.4) is 0 Å². The van der Waals surface area contributed by atoms with Crippen LogP contribution in [0, 0.1) is 0 Å². The molecule has 13 heavy (non-hydrogen) atoms. The molecule has 0 aromatic heterocycles. The average molecular weight is 222 g/mol. The Bertz CT molecular complexity index is 126. The van der Waals surface area contributed by atoms with Crippen LogP contribution in [0.25, 0.3) is 0 Å². The Labute approximate surface area is 88.9 Å². The lowest BCUT2D eigenvalue weighted by atomic mass is 10.3. The lowest BCUT2D eigenvalue weighted by Gasteiger charge is -2.00. The molecular formula is C10H22OS2. The fourth-order valence-electron chi connectivity index (χ4n) is 1.03. The van der Waals surface area contributed by atoms with E-state index in [-0.39, 0.29) is 0 Å². The molecule has 3 heteroatoms. The van der Waals surface area contributed by atoms with Gasteiger partial charge in [-0.2, -0.15) is 0 Å². The van der Waals surface area contributed by atoms with Gasteiger partial charge >= 0.3 is 0 Å². The molecular weight excluding hydrogens is 200 g/mol. The molecule has 0 saturated carbocycles. The molecule has 1 nitrogen and oxygen atoms in total. The first-order chi connectivity index (χ1) is 6.31. The summed E-state index contributed by atoms with van der Waals surface area (Å²) in [4.78, 5) is 0. The summed E-state index contributed by atoms with van der Waals surface area (Å²) in [6.45, 7) is 4.38. The molecule has 0 bridgehead atoms. The Balaban J connectivity index is 3.11. The monoisotopic (exact) mass is 222 g/mol. The van der Waals surface area contributed by atoms with E-state index in [9.17, 15) is 4.21 Å². The minimum absolute atomic E-state index is 0.608. The van der Waals surface area contributed by atoms with E-state index in [1.165, 1.54) is 32.1 Å². The molecule has 1 unspecified atom stereocenters. The van der Waals surface area contributed by atoms with Crippen molar-refractivity contribution in [2.24, 2.45) is 0 Å². The van der Waals surface area contributed by atoms with Gasteiger partial charge in [-0.05, 0) is 12.8 Å². The highest BCUT2D eigenvalue weighted by Crippen LogP contribution is 2.13. The predicted octanol–water partition coefficient (Wildman–Crippen LogP) is 3.76. The fraction of sp³-hybridized carbons (Fsp3) is 1.00. The summed E-state index contributed by atoms with van der Waals surface area (Å²) < 4.78 is 11.4. The number of unbranched alkanes of at least 4 members (excludes halogenated alkanes) is 4. The molecule has 0 heterocycles. The fourth-order valence-corrected chi connectivity index (χ4v) is 3.72. The maximum Gasteiger partial charge on any atom is 0.0803 e. The Kier molecular flexibility index (Phi) is 11.0. The summed E-state index contributed by atoms with van der Waals surface area (Å²) in [6.07, 6.45) is 7.33. The van der Waals surface area contributed by atoms with Gasteiger partial charge in [0.15, 0.2) is 0 Å². The molecule has 1 atom stereocenters. The Morgan fingerprint density at radius 3 is 2.23 bits per heavy atom. The molecule has 80 valence electrons. The van der Waals surface area contributed by atoms with Crippen LogP contribution in [-0.4, -0.2) is 15.7 Å². The molecule has 0 aliphatic heterocycles. The van der Waals surface area contributed by atoms with Gasteiger partial charge in [0, 0.05) is 11.5 Å².